The SMILES string of the molecule is COc1cccc(CNc2cccc3nc(C)n(C4CCC(=O)NC4=O)c(=O)c23)c1. The van der Waals surface area contributed by atoms with Crippen LogP contribution in [0.2, 0.25) is 0 Å². The van der Waals surface area contributed by atoms with Crippen LogP contribution in [0, 0.1) is 6.92 Å². The Bertz CT molecular complexity index is 1200. The first-order valence-electron chi connectivity index (χ1n) is 9.70. The van der Waals surface area contributed by atoms with Crippen LogP contribution < -0.4 is 20.9 Å². The van der Waals surface area contributed by atoms with Gasteiger partial charge in [-0.1, -0.05) is 18.2 Å². The van der Waals surface area contributed by atoms with Gasteiger partial charge in [0.25, 0.3) is 5.56 Å². The van der Waals surface area contributed by atoms with Crippen molar-refractivity contribution in [2.24, 2.45) is 0 Å². The molecule has 2 heterocycles. The summed E-state index contributed by atoms with van der Waals surface area (Å²) in [4.78, 5) is 41.8. The van der Waals surface area contributed by atoms with Crippen LogP contribution >= 0.6 is 0 Å². The Balaban J connectivity index is 1.73. The lowest BCUT2D eigenvalue weighted by Crippen LogP contribution is -2.45. The normalized spacial score (nSPS) is 16.4. The fraction of sp³-hybridized carbons (Fsp3) is 0.273. The Labute approximate surface area is 172 Å². The molecule has 3 aromatic rings. The fourth-order valence-corrected chi connectivity index (χ4v) is 3.78. The second-order valence-corrected chi connectivity index (χ2v) is 7.21. The smallest absolute Gasteiger partial charge is 0.264 e. The summed E-state index contributed by atoms with van der Waals surface area (Å²) in [5.41, 5.74) is 1.88. The Hall–Kier alpha value is -3.68. The lowest BCUT2D eigenvalue weighted by atomic mass is 10.1. The number of carbonyl (C=O) groups is 2. The molecular formula is C22H22N4O4. The number of aromatic nitrogens is 2. The third kappa shape index (κ3) is 3.63. The molecule has 1 aliphatic rings. The number of anilines is 1. The third-order valence-corrected chi connectivity index (χ3v) is 5.24. The monoisotopic (exact) mass is 406 g/mol. The van der Waals surface area contributed by atoms with Crippen molar-refractivity contribution in [2.45, 2.75) is 32.4 Å². The fourth-order valence-electron chi connectivity index (χ4n) is 3.78. The van der Waals surface area contributed by atoms with E-state index in [0.717, 1.165) is 11.3 Å². The lowest BCUT2D eigenvalue weighted by Gasteiger charge is -2.24. The van der Waals surface area contributed by atoms with Crippen LogP contribution in [0.1, 0.15) is 30.3 Å². The second-order valence-electron chi connectivity index (χ2n) is 7.21. The number of hydrogen-bond donors (Lipinski definition) is 2. The maximum atomic E-state index is 13.4. The summed E-state index contributed by atoms with van der Waals surface area (Å²) in [5, 5.41) is 6.02. The summed E-state index contributed by atoms with van der Waals surface area (Å²) in [5.74, 6) is 0.396. The number of benzene rings is 2. The number of imide groups is 1. The van der Waals surface area contributed by atoms with Crippen molar-refractivity contribution in [3.05, 3.63) is 64.2 Å². The number of amides is 2. The van der Waals surface area contributed by atoms with Gasteiger partial charge in [0.2, 0.25) is 11.8 Å². The zero-order valence-electron chi connectivity index (χ0n) is 16.8. The van der Waals surface area contributed by atoms with Crippen molar-refractivity contribution in [2.75, 3.05) is 12.4 Å². The van der Waals surface area contributed by atoms with E-state index in [0.29, 0.717) is 29.0 Å². The molecule has 1 saturated heterocycles. The Kier molecular flexibility index (Phi) is 5.22. The highest BCUT2D eigenvalue weighted by atomic mass is 16.5. The van der Waals surface area contributed by atoms with E-state index >= 15 is 0 Å². The maximum Gasteiger partial charge on any atom is 0.264 e. The minimum atomic E-state index is -0.751. The van der Waals surface area contributed by atoms with Gasteiger partial charge in [-0.3, -0.25) is 24.3 Å². The van der Waals surface area contributed by atoms with Crippen molar-refractivity contribution in [3.63, 3.8) is 0 Å². The molecule has 1 aliphatic heterocycles. The number of rotatable bonds is 5. The summed E-state index contributed by atoms with van der Waals surface area (Å²) in [6.07, 6.45) is 0.466. The van der Waals surface area contributed by atoms with Crippen molar-refractivity contribution < 1.29 is 14.3 Å². The van der Waals surface area contributed by atoms with Gasteiger partial charge in [0.15, 0.2) is 0 Å². The van der Waals surface area contributed by atoms with E-state index in [1.54, 1.807) is 20.1 Å². The average molecular weight is 406 g/mol. The van der Waals surface area contributed by atoms with Crippen LogP contribution in [-0.4, -0.2) is 28.5 Å². The number of fused-ring (bicyclic) bond motifs is 1. The largest absolute Gasteiger partial charge is 0.497 e. The molecule has 154 valence electrons. The molecule has 4 rings (SSSR count). The molecule has 30 heavy (non-hydrogen) atoms. The van der Waals surface area contributed by atoms with E-state index in [1.165, 1.54) is 4.57 Å². The van der Waals surface area contributed by atoms with Crippen molar-refractivity contribution in [1.82, 2.24) is 14.9 Å². The van der Waals surface area contributed by atoms with Gasteiger partial charge < -0.3 is 10.1 Å². The molecule has 2 N–H and O–H groups in total. The third-order valence-electron chi connectivity index (χ3n) is 5.24. The molecule has 0 radical (unpaired) electrons. The van der Waals surface area contributed by atoms with Crippen LogP contribution in [0.25, 0.3) is 10.9 Å². The zero-order valence-corrected chi connectivity index (χ0v) is 16.8. The first kappa shape index (κ1) is 19.6. The minimum Gasteiger partial charge on any atom is -0.497 e. The highest BCUT2D eigenvalue weighted by Gasteiger charge is 2.30. The number of aryl methyl sites for hydroxylation is 1. The second kappa shape index (κ2) is 7.98. The van der Waals surface area contributed by atoms with Gasteiger partial charge >= 0.3 is 0 Å². The van der Waals surface area contributed by atoms with Crippen LogP contribution in [0.5, 0.6) is 5.75 Å². The van der Waals surface area contributed by atoms with Gasteiger partial charge in [0.05, 0.1) is 18.0 Å². The molecule has 0 aliphatic carbocycles. The topological polar surface area (TPSA) is 102 Å². The molecule has 1 atom stereocenters. The number of nitrogens with one attached hydrogen (secondary N) is 2. The van der Waals surface area contributed by atoms with Crippen LogP contribution in [0.3, 0.4) is 0 Å². The van der Waals surface area contributed by atoms with Gasteiger partial charge in [-0.05, 0) is 43.2 Å². The summed E-state index contributed by atoms with van der Waals surface area (Å²) in [7, 11) is 1.61. The number of piperidine rings is 1. The quantitative estimate of drug-likeness (QED) is 0.631. The molecule has 1 aromatic heterocycles. The van der Waals surface area contributed by atoms with E-state index in [4.69, 9.17) is 4.74 Å². The van der Waals surface area contributed by atoms with Crippen LogP contribution in [-0.2, 0) is 16.1 Å². The predicted molar refractivity (Wildman–Crippen MR) is 112 cm³/mol. The average Bonchev–Trinajstić information content (AvgIpc) is 2.73. The maximum absolute atomic E-state index is 13.4. The Morgan fingerprint density at radius 1 is 1.20 bits per heavy atom. The van der Waals surface area contributed by atoms with E-state index in [9.17, 15) is 14.4 Å². The molecule has 0 bridgehead atoms. The Morgan fingerprint density at radius 3 is 2.77 bits per heavy atom. The van der Waals surface area contributed by atoms with E-state index < -0.39 is 11.9 Å². The lowest BCUT2D eigenvalue weighted by molar-refractivity contribution is -0.135. The zero-order chi connectivity index (χ0) is 21.3. The highest BCUT2D eigenvalue weighted by Crippen LogP contribution is 2.24. The molecule has 2 amide bonds. The number of hydrogen-bond acceptors (Lipinski definition) is 6. The molecule has 0 saturated carbocycles. The van der Waals surface area contributed by atoms with Crippen LogP contribution in [0.15, 0.2) is 47.3 Å². The number of ether oxygens (including phenoxy) is 1. The van der Waals surface area contributed by atoms with E-state index in [2.05, 4.69) is 15.6 Å². The van der Waals surface area contributed by atoms with Crippen LogP contribution in [0.4, 0.5) is 5.69 Å². The summed E-state index contributed by atoms with van der Waals surface area (Å²) in [6, 6.07) is 12.3. The molecule has 1 fully saturated rings. The van der Waals surface area contributed by atoms with Crippen molar-refractivity contribution in [1.29, 1.82) is 0 Å². The van der Waals surface area contributed by atoms with Crippen molar-refractivity contribution in [3.8, 4) is 5.75 Å². The molecule has 8 nitrogen and oxygen atoms in total. The van der Waals surface area contributed by atoms with Gasteiger partial charge in [-0.15, -0.1) is 0 Å². The standard InChI is InChI=1S/C22H22N4O4/c1-13-24-17-8-4-7-16(23-12-14-5-3-6-15(11-14)30-2)20(17)22(29)26(13)18-9-10-19(27)25-21(18)28/h3-8,11,18,23H,9-10,12H2,1-2H3,(H,25,27,28). The first-order valence-corrected chi connectivity index (χ1v) is 9.70. The van der Waals surface area contributed by atoms with Gasteiger partial charge in [0, 0.05) is 18.7 Å². The molecule has 0 spiro atoms. The predicted octanol–water partition coefficient (Wildman–Crippen LogP) is 2.30. The first-order chi connectivity index (χ1) is 14.5. The Morgan fingerprint density at radius 2 is 2.00 bits per heavy atom. The van der Waals surface area contributed by atoms with E-state index in [1.807, 2.05) is 36.4 Å². The van der Waals surface area contributed by atoms with Gasteiger partial charge in [-0.25, -0.2) is 4.98 Å². The highest BCUT2D eigenvalue weighted by molar-refractivity contribution is 5.99. The van der Waals surface area contributed by atoms with E-state index in [-0.39, 0.29) is 24.3 Å². The van der Waals surface area contributed by atoms with Gasteiger partial charge in [-0.2, -0.15) is 0 Å². The summed E-state index contributed by atoms with van der Waals surface area (Å²) < 4.78 is 6.65. The molecule has 1 unspecified atom stereocenters. The number of nitrogens with zero attached hydrogens (tertiary/aromatic N) is 2. The molecule has 2 aromatic carbocycles. The van der Waals surface area contributed by atoms with Gasteiger partial charge in [0.1, 0.15) is 17.6 Å². The molecule has 8 heteroatoms. The van der Waals surface area contributed by atoms with Crippen molar-refractivity contribution >= 4 is 28.4 Å². The minimum absolute atomic E-state index is 0.191. The summed E-state index contributed by atoms with van der Waals surface area (Å²) in [6.45, 7) is 2.18. The number of methoxy groups -OCH3 is 1. The molecular weight excluding hydrogens is 384 g/mol. The number of carbonyl (C=O) groups excluding carboxylic acids is 2. The summed E-state index contributed by atoms with van der Waals surface area (Å²) >= 11 is 0.